The average molecular weight is 331 g/mol. The van der Waals surface area contributed by atoms with E-state index < -0.39 is 0 Å². The molecule has 1 aliphatic carbocycles. The van der Waals surface area contributed by atoms with Crippen LogP contribution in [0, 0.1) is 0 Å². The van der Waals surface area contributed by atoms with Gasteiger partial charge in [-0.05, 0) is 39.1 Å². The molecule has 2 amide bonds. The van der Waals surface area contributed by atoms with Crippen molar-refractivity contribution in [3.8, 4) is 0 Å². The number of nitrogens with zero attached hydrogens (tertiary/aromatic N) is 4. The summed E-state index contributed by atoms with van der Waals surface area (Å²) in [5, 5.41) is 2.96. The van der Waals surface area contributed by atoms with E-state index in [1.165, 1.54) is 0 Å². The Morgan fingerprint density at radius 2 is 1.92 bits per heavy atom. The highest BCUT2D eigenvalue weighted by molar-refractivity contribution is 5.94. The SMILES string of the molecule is CN(C)CC(=O)N1CCN(c2ccc(C(=O)NC3CC3)cn2)CC1. The molecule has 0 bridgehead atoms. The highest BCUT2D eigenvalue weighted by Gasteiger charge is 2.25. The van der Waals surface area contributed by atoms with Gasteiger partial charge < -0.3 is 20.0 Å². The fourth-order valence-corrected chi connectivity index (χ4v) is 2.76. The Labute approximate surface area is 142 Å². The lowest BCUT2D eigenvalue weighted by molar-refractivity contribution is -0.132. The molecule has 1 aromatic rings. The molecular formula is C17H25N5O2. The number of carbonyl (C=O) groups is 2. The molecule has 1 aliphatic heterocycles. The monoisotopic (exact) mass is 331 g/mol. The zero-order chi connectivity index (χ0) is 17.1. The van der Waals surface area contributed by atoms with Crippen molar-refractivity contribution in [2.45, 2.75) is 18.9 Å². The first-order valence-electron chi connectivity index (χ1n) is 8.47. The minimum Gasteiger partial charge on any atom is -0.353 e. The molecule has 3 rings (SSSR count). The van der Waals surface area contributed by atoms with Crippen molar-refractivity contribution in [3.63, 3.8) is 0 Å². The van der Waals surface area contributed by atoms with Gasteiger partial charge in [0.2, 0.25) is 5.91 Å². The molecule has 1 N–H and O–H groups in total. The minimum absolute atomic E-state index is 0.0457. The minimum atomic E-state index is -0.0457. The van der Waals surface area contributed by atoms with Gasteiger partial charge in [-0.1, -0.05) is 0 Å². The molecule has 0 aromatic carbocycles. The number of nitrogens with one attached hydrogen (secondary N) is 1. The van der Waals surface area contributed by atoms with Crippen LogP contribution in [0.5, 0.6) is 0 Å². The maximum Gasteiger partial charge on any atom is 0.253 e. The Morgan fingerprint density at radius 3 is 2.46 bits per heavy atom. The molecule has 7 nitrogen and oxygen atoms in total. The van der Waals surface area contributed by atoms with E-state index in [0.29, 0.717) is 31.2 Å². The van der Waals surface area contributed by atoms with Crippen molar-refractivity contribution in [2.24, 2.45) is 0 Å². The largest absolute Gasteiger partial charge is 0.353 e. The zero-order valence-electron chi connectivity index (χ0n) is 14.4. The summed E-state index contributed by atoms with van der Waals surface area (Å²) in [6, 6.07) is 4.06. The van der Waals surface area contributed by atoms with Crippen molar-refractivity contribution in [2.75, 3.05) is 51.7 Å². The van der Waals surface area contributed by atoms with E-state index in [9.17, 15) is 9.59 Å². The summed E-state index contributed by atoms with van der Waals surface area (Å²) < 4.78 is 0. The Balaban J connectivity index is 1.52. The van der Waals surface area contributed by atoms with E-state index in [4.69, 9.17) is 0 Å². The molecule has 1 saturated carbocycles. The fourth-order valence-electron chi connectivity index (χ4n) is 2.76. The molecule has 0 radical (unpaired) electrons. The molecule has 2 fully saturated rings. The van der Waals surface area contributed by atoms with Gasteiger partial charge in [-0.25, -0.2) is 4.98 Å². The fraction of sp³-hybridized carbons (Fsp3) is 0.588. The Hall–Kier alpha value is -2.15. The Morgan fingerprint density at radius 1 is 1.21 bits per heavy atom. The number of rotatable bonds is 5. The van der Waals surface area contributed by atoms with Gasteiger partial charge in [-0.15, -0.1) is 0 Å². The molecular weight excluding hydrogens is 306 g/mol. The maximum atomic E-state index is 12.1. The van der Waals surface area contributed by atoms with E-state index >= 15 is 0 Å². The number of hydrogen-bond donors (Lipinski definition) is 1. The maximum absolute atomic E-state index is 12.1. The second-order valence-electron chi connectivity index (χ2n) is 6.76. The van der Waals surface area contributed by atoms with Crippen molar-refractivity contribution in [1.29, 1.82) is 0 Å². The number of piperazine rings is 1. The van der Waals surface area contributed by atoms with Gasteiger partial charge in [0, 0.05) is 38.4 Å². The molecule has 1 saturated heterocycles. The van der Waals surface area contributed by atoms with Gasteiger partial charge in [0.05, 0.1) is 12.1 Å². The van der Waals surface area contributed by atoms with E-state index in [0.717, 1.165) is 31.7 Å². The molecule has 0 atom stereocenters. The highest BCUT2D eigenvalue weighted by Crippen LogP contribution is 2.20. The van der Waals surface area contributed by atoms with Gasteiger partial charge in [-0.3, -0.25) is 9.59 Å². The lowest BCUT2D eigenvalue weighted by atomic mass is 10.2. The first-order valence-corrected chi connectivity index (χ1v) is 8.47. The van der Waals surface area contributed by atoms with Gasteiger partial charge >= 0.3 is 0 Å². The molecule has 2 aliphatic rings. The Kier molecular flexibility index (Phi) is 4.99. The van der Waals surface area contributed by atoms with E-state index in [1.807, 2.05) is 36.0 Å². The summed E-state index contributed by atoms with van der Waals surface area (Å²) in [6.07, 6.45) is 3.79. The van der Waals surface area contributed by atoms with Gasteiger partial charge in [0.25, 0.3) is 5.91 Å². The normalized spacial score (nSPS) is 18.0. The third-order valence-corrected chi connectivity index (χ3v) is 4.33. The van der Waals surface area contributed by atoms with Crippen molar-refractivity contribution in [3.05, 3.63) is 23.9 Å². The third-order valence-electron chi connectivity index (χ3n) is 4.33. The molecule has 130 valence electrons. The molecule has 7 heteroatoms. The van der Waals surface area contributed by atoms with E-state index in [1.54, 1.807) is 6.20 Å². The standard InChI is InChI=1S/C17H25N5O2/c1-20(2)12-16(23)22-9-7-21(8-10-22)15-6-3-13(11-18-15)17(24)19-14-4-5-14/h3,6,11,14H,4-5,7-10,12H2,1-2H3,(H,19,24). The Bertz CT molecular complexity index is 590. The summed E-state index contributed by atoms with van der Waals surface area (Å²) in [5.41, 5.74) is 0.602. The number of pyridine rings is 1. The molecule has 2 heterocycles. The van der Waals surface area contributed by atoms with Crippen molar-refractivity contribution >= 4 is 17.6 Å². The smallest absolute Gasteiger partial charge is 0.253 e. The number of hydrogen-bond acceptors (Lipinski definition) is 5. The van der Waals surface area contributed by atoms with Crippen molar-refractivity contribution < 1.29 is 9.59 Å². The molecule has 0 spiro atoms. The van der Waals surface area contributed by atoms with Crippen LogP contribution in [0.15, 0.2) is 18.3 Å². The molecule has 24 heavy (non-hydrogen) atoms. The number of likely N-dealkylation sites (N-methyl/N-ethyl adjacent to an activating group) is 1. The number of aromatic nitrogens is 1. The second-order valence-corrected chi connectivity index (χ2v) is 6.76. The van der Waals surface area contributed by atoms with Crippen molar-refractivity contribution in [1.82, 2.24) is 20.1 Å². The van der Waals surface area contributed by atoms with Crippen LogP contribution >= 0.6 is 0 Å². The van der Waals surface area contributed by atoms with Crippen LogP contribution in [-0.4, -0.2) is 79.5 Å². The summed E-state index contributed by atoms with van der Waals surface area (Å²) in [6.45, 7) is 3.39. The quantitative estimate of drug-likeness (QED) is 0.834. The van der Waals surface area contributed by atoms with Crippen LogP contribution in [0.2, 0.25) is 0 Å². The zero-order valence-corrected chi connectivity index (χ0v) is 14.4. The highest BCUT2D eigenvalue weighted by atomic mass is 16.2. The van der Waals surface area contributed by atoms with E-state index in [-0.39, 0.29) is 11.8 Å². The average Bonchev–Trinajstić information content (AvgIpc) is 3.38. The number of amides is 2. The molecule has 1 aromatic heterocycles. The van der Waals surface area contributed by atoms with Crippen LogP contribution in [0.1, 0.15) is 23.2 Å². The van der Waals surface area contributed by atoms with Crippen LogP contribution in [0.3, 0.4) is 0 Å². The van der Waals surface area contributed by atoms with Crippen LogP contribution in [0.25, 0.3) is 0 Å². The van der Waals surface area contributed by atoms with Gasteiger partial charge in [-0.2, -0.15) is 0 Å². The van der Waals surface area contributed by atoms with Gasteiger partial charge in [0.15, 0.2) is 0 Å². The van der Waals surface area contributed by atoms with Crippen LogP contribution in [-0.2, 0) is 4.79 Å². The van der Waals surface area contributed by atoms with E-state index in [2.05, 4.69) is 15.2 Å². The second kappa shape index (κ2) is 7.17. The van der Waals surface area contributed by atoms with Crippen LogP contribution < -0.4 is 10.2 Å². The lowest BCUT2D eigenvalue weighted by Gasteiger charge is -2.35. The predicted octanol–water partition coefficient (Wildman–Crippen LogP) is 0.184. The number of carbonyl (C=O) groups excluding carboxylic acids is 2. The first-order chi connectivity index (χ1) is 11.5. The van der Waals surface area contributed by atoms with Crippen LogP contribution in [0.4, 0.5) is 5.82 Å². The number of anilines is 1. The molecule has 0 unspecified atom stereocenters. The summed E-state index contributed by atoms with van der Waals surface area (Å²) in [7, 11) is 3.80. The van der Waals surface area contributed by atoms with Gasteiger partial charge in [0.1, 0.15) is 5.82 Å². The third kappa shape index (κ3) is 4.23. The lowest BCUT2D eigenvalue weighted by Crippen LogP contribution is -2.51. The summed E-state index contributed by atoms with van der Waals surface area (Å²) in [5.74, 6) is 0.980. The topological polar surface area (TPSA) is 68.8 Å². The summed E-state index contributed by atoms with van der Waals surface area (Å²) >= 11 is 0. The predicted molar refractivity (Wildman–Crippen MR) is 92.1 cm³/mol. The summed E-state index contributed by atoms with van der Waals surface area (Å²) in [4.78, 5) is 34.4. The first kappa shape index (κ1) is 16.7.